The van der Waals surface area contributed by atoms with Crippen LogP contribution in [0.3, 0.4) is 0 Å². The van der Waals surface area contributed by atoms with Gasteiger partial charge < -0.3 is 30.4 Å². The van der Waals surface area contributed by atoms with E-state index in [1.807, 2.05) is 6.07 Å². The molecule has 1 atom stereocenters. The smallest absolute Gasteiger partial charge is 0.426 e. The van der Waals surface area contributed by atoms with Gasteiger partial charge in [-0.25, -0.2) is 19.2 Å². The molecule has 0 aliphatic carbocycles. The van der Waals surface area contributed by atoms with Gasteiger partial charge in [-0.1, -0.05) is 91.0 Å². The molecule has 0 aliphatic rings. The Hall–Kier alpha value is -5.39. The Labute approximate surface area is 242 Å². The maximum absolute atomic E-state index is 12.8. The number of hydrogen-bond donors (Lipinski definition) is 3. The Morgan fingerprint density at radius 3 is 1.60 bits per heavy atom. The molecule has 0 aromatic heterocycles. The number of aliphatic imine (C=N–C) groups is 1. The lowest BCUT2D eigenvalue weighted by molar-refractivity contribution is -0.139. The molecule has 0 heterocycles. The van der Waals surface area contributed by atoms with Crippen LogP contribution in [0.4, 0.5) is 14.4 Å². The third-order valence-corrected chi connectivity index (χ3v) is 5.73. The molecule has 0 aliphatic heterocycles. The molecule has 0 unspecified atom stereocenters. The van der Waals surface area contributed by atoms with Crippen LogP contribution in [-0.4, -0.2) is 52.8 Å². The van der Waals surface area contributed by atoms with Crippen molar-refractivity contribution in [2.75, 3.05) is 6.54 Å². The lowest BCUT2D eigenvalue weighted by Crippen LogP contribution is -2.46. The van der Waals surface area contributed by atoms with Crippen molar-refractivity contribution < 1.29 is 38.5 Å². The summed E-state index contributed by atoms with van der Waals surface area (Å²) in [5, 5.41) is 11.8. The van der Waals surface area contributed by atoms with E-state index in [4.69, 9.17) is 19.9 Å². The van der Waals surface area contributed by atoms with E-state index in [1.165, 1.54) is 0 Å². The fourth-order valence-electron chi connectivity index (χ4n) is 3.55. The standard InChI is InChI=1S/C30H32N4O8/c31-27(32-18-10-17-25(26(35)36)33-28(37)40-19-22-11-4-1-5-12-22)34(29(38)41-20-23-13-6-2-7-14-23)30(39)42-21-24-15-8-3-9-16-24/h1-9,11-16,25H,10,17-21H2,(H2,31,32)(H,33,37)(H,35,36)/t25-/m1/s1. The van der Waals surface area contributed by atoms with Crippen molar-refractivity contribution in [2.24, 2.45) is 10.7 Å². The van der Waals surface area contributed by atoms with E-state index in [9.17, 15) is 24.3 Å². The van der Waals surface area contributed by atoms with Gasteiger partial charge in [0.2, 0.25) is 5.96 Å². The van der Waals surface area contributed by atoms with Gasteiger partial charge in [0.05, 0.1) is 0 Å². The van der Waals surface area contributed by atoms with E-state index >= 15 is 0 Å². The summed E-state index contributed by atoms with van der Waals surface area (Å²) >= 11 is 0. The van der Waals surface area contributed by atoms with Crippen LogP contribution in [0, 0.1) is 0 Å². The second-order valence-electron chi connectivity index (χ2n) is 8.89. The molecule has 12 heteroatoms. The number of carbonyl (C=O) groups excluding carboxylic acids is 3. The Bertz CT molecular complexity index is 1280. The van der Waals surface area contributed by atoms with Crippen molar-refractivity contribution in [3.8, 4) is 0 Å². The predicted molar refractivity (Wildman–Crippen MR) is 152 cm³/mol. The van der Waals surface area contributed by atoms with Crippen molar-refractivity contribution in [1.29, 1.82) is 0 Å². The van der Waals surface area contributed by atoms with Gasteiger partial charge in [0.25, 0.3) is 0 Å². The maximum atomic E-state index is 12.8. The van der Waals surface area contributed by atoms with E-state index in [2.05, 4.69) is 10.3 Å². The number of amides is 3. The van der Waals surface area contributed by atoms with E-state index in [-0.39, 0.29) is 39.2 Å². The number of nitrogens with two attached hydrogens (primary N) is 1. The van der Waals surface area contributed by atoms with Crippen LogP contribution >= 0.6 is 0 Å². The fraction of sp³-hybridized carbons (Fsp3) is 0.233. The van der Waals surface area contributed by atoms with Crippen molar-refractivity contribution in [2.45, 2.75) is 38.7 Å². The average Bonchev–Trinajstić information content (AvgIpc) is 3.01. The van der Waals surface area contributed by atoms with Gasteiger partial charge in [-0.2, -0.15) is 0 Å². The summed E-state index contributed by atoms with van der Waals surface area (Å²) in [4.78, 5) is 53.9. The molecule has 0 saturated heterocycles. The van der Waals surface area contributed by atoms with Crippen LogP contribution < -0.4 is 11.1 Å². The Morgan fingerprint density at radius 1 is 0.738 bits per heavy atom. The van der Waals surface area contributed by atoms with Crippen LogP contribution in [0.1, 0.15) is 29.5 Å². The predicted octanol–water partition coefficient (Wildman–Crippen LogP) is 4.44. The van der Waals surface area contributed by atoms with Crippen molar-refractivity contribution >= 4 is 30.2 Å². The van der Waals surface area contributed by atoms with Crippen LogP contribution in [0.15, 0.2) is 96.0 Å². The van der Waals surface area contributed by atoms with Gasteiger partial charge in [-0.3, -0.25) is 4.99 Å². The molecule has 3 aromatic carbocycles. The number of carboxylic acid groups (broad SMARTS) is 1. The van der Waals surface area contributed by atoms with Crippen molar-refractivity contribution in [1.82, 2.24) is 10.2 Å². The number of alkyl carbamates (subject to hydrolysis) is 1. The molecule has 0 radical (unpaired) electrons. The van der Waals surface area contributed by atoms with Crippen LogP contribution in [0.2, 0.25) is 0 Å². The summed E-state index contributed by atoms with van der Waals surface area (Å²) in [5.41, 5.74) is 8.10. The van der Waals surface area contributed by atoms with Crippen LogP contribution in [0.5, 0.6) is 0 Å². The molecule has 12 nitrogen and oxygen atoms in total. The van der Waals surface area contributed by atoms with Crippen molar-refractivity contribution in [3.05, 3.63) is 108 Å². The highest BCUT2D eigenvalue weighted by Gasteiger charge is 2.29. The van der Waals surface area contributed by atoms with Crippen LogP contribution in [0.25, 0.3) is 0 Å². The van der Waals surface area contributed by atoms with Gasteiger partial charge >= 0.3 is 24.2 Å². The van der Waals surface area contributed by atoms with Gasteiger partial charge in [0.1, 0.15) is 25.9 Å². The molecule has 4 N–H and O–H groups in total. The zero-order chi connectivity index (χ0) is 30.2. The van der Waals surface area contributed by atoms with Gasteiger partial charge in [0, 0.05) is 6.54 Å². The molecule has 3 aromatic rings. The van der Waals surface area contributed by atoms with Gasteiger partial charge in [-0.05, 0) is 29.5 Å². The quantitative estimate of drug-likeness (QED) is 0.122. The normalized spacial score (nSPS) is 11.6. The first kappa shape index (κ1) is 31.1. The summed E-state index contributed by atoms with van der Waals surface area (Å²) in [5.74, 6) is -1.76. The van der Waals surface area contributed by atoms with Gasteiger partial charge in [0.15, 0.2) is 0 Å². The molecule has 3 amide bonds. The minimum absolute atomic E-state index is 0.0174. The number of carboxylic acids is 1. The minimum Gasteiger partial charge on any atom is -0.480 e. The molecular formula is C30H32N4O8. The third-order valence-electron chi connectivity index (χ3n) is 5.73. The number of aliphatic carboxylic acids is 1. The highest BCUT2D eigenvalue weighted by molar-refractivity contribution is 6.07. The highest BCUT2D eigenvalue weighted by atomic mass is 16.6. The zero-order valence-electron chi connectivity index (χ0n) is 22.8. The number of nitrogens with zero attached hydrogens (tertiary/aromatic N) is 2. The molecule has 0 fully saturated rings. The van der Waals surface area contributed by atoms with E-state index in [1.54, 1.807) is 84.9 Å². The van der Waals surface area contributed by atoms with E-state index in [0.717, 1.165) is 5.56 Å². The first-order valence-corrected chi connectivity index (χ1v) is 13.0. The van der Waals surface area contributed by atoms with Gasteiger partial charge in [-0.15, -0.1) is 4.90 Å². The Balaban J connectivity index is 1.57. The fourth-order valence-corrected chi connectivity index (χ4v) is 3.55. The van der Waals surface area contributed by atoms with E-state index in [0.29, 0.717) is 16.0 Å². The third kappa shape index (κ3) is 10.6. The molecule has 0 spiro atoms. The number of rotatable bonds is 12. The van der Waals surface area contributed by atoms with Crippen LogP contribution in [-0.2, 0) is 38.8 Å². The zero-order valence-corrected chi connectivity index (χ0v) is 22.8. The summed E-state index contributed by atoms with van der Waals surface area (Å²) in [6.07, 6.45) is -2.96. The summed E-state index contributed by atoms with van der Waals surface area (Å²) < 4.78 is 15.6. The lowest BCUT2D eigenvalue weighted by Gasteiger charge is -2.19. The molecule has 220 valence electrons. The lowest BCUT2D eigenvalue weighted by atomic mass is 10.1. The number of imide groups is 1. The Kier molecular flexibility index (Phi) is 12.3. The molecule has 0 saturated carbocycles. The maximum Gasteiger partial charge on any atom is 0.426 e. The second-order valence-corrected chi connectivity index (χ2v) is 8.89. The first-order chi connectivity index (χ1) is 20.3. The number of guanidine groups is 1. The largest absolute Gasteiger partial charge is 0.480 e. The topological polar surface area (TPSA) is 170 Å². The van der Waals surface area contributed by atoms with E-state index < -0.39 is 36.3 Å². The second kappa shape index (κ2) is 16.7. The minimum atomic E-state index is -1.26. The molecule has 42 heavy (non-hydrogen) atoms. The number of ether oxygens (including phenoxy) is 3. The summed E-state index contributed by atoms with van der Waals surface area (Å²) in [6, 6.07) is 25.3. The SMILES string of the molecule is NC(=NCCC[C@@H](NC(=O)OCc1ccccc1)C(=O)O)N(C(=O)OCc1ccccc1)C(=O)OCc1ccccc1. The number of carbonyl (C=O) groups is 4. The number of nitrogens with one attached hydrogen (secondary N) is 1. The monoisotopic (exact) mass is 576 g/mol. The summed E-state index contributed by atoms with van der Waals surface area (Å²) in [7, 11) is 0. The Morgan fingerprint density at radius 2 is 1.17 bits per heavy atom. The number of hydrogen-bond acceptors (Lipinski definition) is 8. The van der Waals surface area contributed by atoms with Crippen molar-refractivity contribution in [3.63, 3.8) is 0 Å². The molecule has 0 bridgehead atoms. The average molecular weight is 577 g/mol. The first-order valence-electron chi connectivity index (χ1n) is 13.0. The molecule has 3 rings (SSSR count). The number of benzene rings is 3. The summed E-state index contributed by atoms with van der Waals surface area (Å²) in [6.45, 7) is -0.329. The molecular weight excluding hydrogens is 544 g/mol. The highest BCUT2D eigenvalue weighted by Crippen LogP contribution is 2.09.